The summed E-state index contributed by atoms with van der Waals surface area (Å²) in [6.45, 7) is 6.80. The molecule has 0 rings (SSSR count). The van der Waals surface area contributed by atoms with Crippen LogP contribution >= 0.6 is 0 Å². The van der Waals surface area contributed by atoms with Gasteiger partial charge in [-0.3, -0.25) is 0 Å². The molecule has 0 spiro atoms. The van der Waals surface area contributed by atoms with E-state index in [9.17, 15) is 0 Å². The van der Waals surface area contributed by atoms with Crippen molar-refractivity contribution < 1.29 is 0 Å². The van der Waals surface area contributed by atoms with Gasteiger partial charge in [-0.2, -0.15) is 0 Å². The van der Waals surface area contributed by atoms with E-state index in [0.717, 1.165) is 5.92 Å². The van der Waals surface area contributed by atoms with Gasteiger partial charge in [0.1, 0.15) is 0 Å². The van der Waals surface area contributed by atoms with E-state index in [0.29, 0.717) is 0 Å². The van der Waals surface area contributed by atoms with Gasteiger partial charge in [0.25, 0.3) is 0 Å². The Labute approximate surface area is 97.2 Å². The molecule has 1 atom stereocenters. The molecule has 0 fully saturated rings. The summed E-state index contributed by atoms with van der Waals surface area (Å²) in [5, 5.41) is 0. The van der Waals surface area contributed by atoms with Crippen LogP contribution in [0, 0.1) is 5.92 Å². The lowest BCUT2D eigenvalue weighted by atomic mass is 9.97. The molecule has 0 aromatic heterocycles. The molecule has 0 aliphatic heterocycles. The third-order valence-electron chi connectivity index (χ3n) is 3.10. The van der Waals surface area contributed by atoms with Crippen LogP contribution in [0.2, 0.25) is 0 Å². The standard InChI is InChI=1S/C15H30/c1-4-7-9-10-11-12-14-15(6-3)13-8-5-2/h8,13,15H,4-7,9-12,14H2,1-3H3/b13-8-. The van der Waals surface area contributed by atoms with Gasteiger partial charge in [0, 0.05) is 0 Å². The van der Waals surface area contributed by atoms with Crippen LogP contribution in [0.15, 0.2) is 12.2 Å². The summed E-state index contributed by atoms with van der Waals surface area (Å²) >= 11 is 0. The molecule has 0 aromatic carbocycles. The summed E-state index contributed by atoms with van der Waals surface area (Å²) in [6.07, 6.45) is 17.2. The first kappa shape index (κ1) is 14.7. The van der Waals surface area contributed by atoms with Gasteiger partial charge >= 0.3 is 0 Å². The second-order valence-electron chi connectivity index (χ2n) is 4.56. The van der Waals surface area contributed by atoms with Crippen molar-refractivity contribution in [2.24, 2.45) is 5.92 Å². The van der Waals surface area contributed by atoms with Crippen molar-refractivity contribution in [3.8, 4) is 0 Å². The average molecular weight is 210 g/mol. The molecule has 0 N–H and O–H groups in total. The molecule has 0 nitrogen and oxygen atoms in total. The van der Waals surface area contributed by atoms with Gasteiger partial charge in [0.05, 0.1) is 0 Å². The number of rotatable bonds is 10. The lowest BCUT2D eigenvalue weighted by molar-refractivity contribution is 0.508. The van der Waals surface area contributed by atoms with Crippen LogP contribution in [-0.4, -0.2) is 0 Å². The lowest BCUT2D eigenvalue weighted by Crippen LogP contribution is -1.94. The minimum atomic E-state index is 0.844. The van der Waals surface area contributed by atoms with Gasteiger partial charge < -0.3 is 0 Å². The molecule has 0 bridgehead atoms. The van der Waals surface area contributed by atoms with Crippen LogP contribution in [-0.2, 0) is 0 Å². The van der Waals surface area contributed by atoms with Gasteiger partial charge in [0.15, 0.2) is 0 Å². The van der Waals surface area contributed by atoms with E-state index < -0.39 is 0 Å². The zero-order chi connectivity index (χ0) is 11.4. The Morgan fingerprint density at radius 1 is 0.867 bits per heavy atom. The molecule has 0 amide bonds. The molecule has 90 valence electrons. The van der Waals surface area contributed by atoms with Crippen molar-refractivity contribution in [2.75, 3.05) is 0 Å². The summed E-state index contributed by atoms with van der Waals surface area (Å²) in [7, 11) is 0. The molecule has 0 saturated heterocycles. The van der Waals surface area contributed by atoms with Crippen LogP contribution < -0.4 is 0 Å². The highest BCUT2D eigenvalue weighted by atomic mass is 14.1. The van der Waals surface area contributed by atoms with Gasteiger partial charge in [-0.25, -0.2) is 0 Å². The van der Waals surface area contributed by atoms with Crippen molar-refractivity contribution in [1.82, 2.24) is 0 Å². The topological polar surface area (TPSA) is 0 Å². The van der Waals surface area contributed by atoms with Crippen molar-refractivity contribution in [3.63, 3.8) is 0 Å². The van der Waals surface area contributed by atoms with E-state index in [1.54, 1.807) is 0 Å². The zero-order valence-electron chi connectivity index (χ0n) is 11.1. The highest BCUT2D eigenvalue weighted by Crippen LogP contribution is 2.16. The zero-order valence-corrected chi connectivity index (χ0v) is 11.1. The predicted molar refractivity (Wildman–Crippen MR) is 71.2 cm³/mol. The van der Waals surface area contributed by atoms with Gasteiger partial charge in [-0.15, -0.1) is 0 Å². The maximum absolute atomic E-state index is 2.42. The Morgan fingerprint density at radius 2 is 1.53 bits per heavy atom. The molecular weight excluding hydrogens is 180 g/mol. The van der Waals surface area contributed by atoms with Gasteiger partial charge in [-0.05, 0) is 25.2 Å². The number of unbranched alkanes of at least 4 members (excludes halogenated alkanes) is 5. The predicted octanol–water partition coefficient (Wildman–Crippen LogP) is 5.73. The fraction of sp³-hybridized carbons (Fsp3) is 0.867. The molecule has 0 aliphatic carbocycles. The second-order valence-corrected chi connectivity index (χ2v) is 4.56. The fourth-order valence-electron chi connectivity index (χ4n) is 1.95. The van der Waals surface area contributed by atoms with E-state index in [2.05, 4.69) is 32.9 Å². The minimum Gasteiger partial charge on any atom is -0.0885 e. The molecule has 15 heavy (non-hydrogen) atoms. The van der Waals surface area contributed by atoms with Crippen LogP contribution in [0.25, 0.3) is 0 Å². The first-order valence-corrected chi connectivity index (χ1v) is 7.01. The van der Waals surface area contributed by atoms with E-state index in [-0.39, 0.29) is 0 Å². The van der Waals surface area contributed by atoms with Crippen molar-refractivity contribution in [1.29, 1.82) is 0 Å². The first-order valence-electron chi connectivity index (χ1n) is 7.01. The van der Waals surface area contributed by atoms with E-state index in [1.807, 2.05) is 0 Å². The Morgan fingerprint density at radius 3 is 2.13 bits per heavy atom. The molecule has 0 saturated carbocycles. The largest absolute Gasteiger partial charge is 0.0885 e. The summed E-state index contributed by atoms with van der Waals surface area (Å²) in [6, 6.07) is 0. The van der Waals surface area contributed by atoms with E-state index in [4.69, 9.17) is 0 Å². The number of allylic oxidation sites excluding steroid dienone is 2. The summed E-state index contributed by atoms with van der Waals surface area (Å²) < 4.78 is 0. The molecule has 0 radical (unpaired) electrons. The molecule has 0 heteroatoms. The minimum absolute atomic E-state index is 0.844. The Balaban J connectivity index is 3.34. The maximum Gasteiger partial charge on any atom is -0.0236 e. The Bertz CT molecular complexity index is 135. The quantitative estimate of drug-likeness (QED) is 0.319. The van der Waals surface area contributed by atoms with Gasteiger partial charge in [0.2, 0.25) is 0 Å². The molecule has 0 heterocycles. The van der Waals surface area contributed by atoms with Crippen LogP contribution in [0.5, 0.6) is 0 Å². The third-order valence-corrected chi connectivity index (χ3v) is 3.10. The first-order chi connectivity index (χ1) is 7.35. The second kappa shape index (κ2) is 11.8. The van der Waals surface area contributed by atoms with E-state index >= 15 is 0 Å². The highest BCUT2D eigenvalue weighted by molar-refractivity contribution is 4.86. The van der Waals surface area contributed by atoms with Crippen molar-refractivity contribution in [2.45, 2.75) is 78.6 Å². The smallest absolute Gasteiger partial charge is 0.0236 e. The highest BCUT2D eigenvalue weighted by Gasteiger charge is 2.00. The normalized spacial score (nSPS) is 13.5. The summed E-state index contributed by atoms with van der Waals surface area (Å²) in [4.78, 5) is 0. The number of hydrogen-bond acceptors (Lipinski definition) is 0. The molecule has 1 unspecified atom stereocenters. The van der Waals surface area contributed by atoms with Crippen molar-refractivity contribution >= 4 is 0 Å². The van der Waals surface area contributed by atoms with Crippen LogP contribution in [0.4, 0.5) is 0 Å². The molecular formula is C15H30. The molecule has 0 aliphatic rings. The monoisotopic (exact) mass is 210 g/mol. The Kier molecular flexibility index (Phi) is 11.6. The summed E-state index contributed by atoms with van der Waals surface area (Å²) in [5.74, 6) is 0.844. The Hall–Kier alpha value is -0.260. The lowest BCUT2D eigenvalue weighted by Gasteiger charge is -2.09. The number of hydrogen-bond donors (Lipinski definition) is 0. The molecule has 0 aromatic rings. The maximum atomic E-state index is 2.42. The third kappa shape index (κ3) is 10.0. The van der Waals surface area contributed by atoms with E-state index in [1.165, 1.54) is 57.8 Å². The SMILES string of the molecule is CC/C=C\C(CC)CCCCCCCC. The van der Waals surface area contributed by atoms with Crippen LogP contribution in [0.3, 0.4) is 0 Å². The van der Waals surface area contributed by atoms with Gasteiger partial charge in [-0.1, -0.05) is 71.4 Å². The average Bonchev–Trinajstić information content (AvgIpc) is 2.27. The van der Waals surface area contributed by atoms with Crippen LogP contribution in [0.1, 0.15) is 78.6 Å². The van der Waals surface area contributed by atoms with Crippen molar-refractivity contribution in [3.05, 3.63) is 12.2 Å². The fourth-order valence-corrected chi connectivity index (χ4v) is 1.95. The summed E-state index contributed by atoms with van der Waals surface area (Å²) in [5.41, 5.74) is 0.